The Labute approximate surface area is 104 Å². The number of carbonyl (C=O) groups excluding carboxylic acids is 1. The van der Waals surface area contributed by atoms with Gasteiger partial charge in [0.25, 0.3) is 0 Å². The lowest BCUT2D eigenvalue weighted by molar-refractivity contribution is 0.0982. The Morgan fingerprint density at radius 3 is 2.80 bits per heavy atom. The summed E-state index contributed by atoms with van der Waals surface area (Å²) < 4.78 is 17.6. The molecule has 0 aliphatic heterocycles. The molecule has 1 aromatic carbocycles. The third-order valence-corrected chi connectivity index (χ3v) is 2.67. The van der Waals surface area contributed by atoms with E-state index in [0.717, 1.165) is 4.47 Å². The van der Waals surface area contributed by atoms with Gasteiger partial charge in [0, 0.05) is 16.2 Å². The first-order valence-electron chi connectivity index (χ1n) is 4.26. The summed E-state index contributed by atoms with van der Waals surface area (Å²) in [6, 6.07) is 4.94. The van der Waals surface area contributed by atoms with Crippen molar-refractivity contribution in [2.45, 2.75) is 6.42 Å². The minimum absolute atomic E-state index is 0.0668. The summed E-state index contributed by atoms with van der Waals surface area (Å²) in [5.74, 6) is 0.209. The number of ketones is 1. The van der Waals surface area contributed by atoms with Crippen LogP contribution in [0.2, 0.25) is 0 Å². The maximum absolute atomic E-state index is 12.1. The molecule has 1 rings (SSSR count). The number of carbonyl (C=O) groups is 1. The molecule has 0 spiro atoms. The third-order valence-electron chi connectivity index (χ3n) is 1.78. The number of ether oxygens (including phenoxy) is 1. The summed E-state index contributed by atoms with van der Waals surface area (Å²) in [7, 11) is 0. The summed E-state index contributed by atoms with van der Waals surface area (Å²) in [4.78, 5) is 11.6. The van der Waals surface area contributed by atoms with Gasteiger partial charge in [0.15, 0.2) is 5.78 Å². The SMILES string of the molecule is O=C(CCBr)c1ccc(Br)cc1OCF. The number of alkyl halides is 2. The molecule has 2 nitrogen and oxygen atoms in total. The number of Topliss-reactive ketones (excluding diaryl/α,β-unsaturated/α-hetero) is 1. The fraction of sp³-hybridized carbons (Fsp3) is 0.300. The molecule has 1 aromatic rings. The van der Waals surface area contributed by atoms with E-state index >= 15 is 0 Å². The summed E-state index contributed by atoms with van der Waals surface area (Å²) in [6.07, 6.45) is 0.365. The molecule has 0 aliphatic carbocycles. The van der Waals surface area contributed by atoms with Gasteiger partial charge in [0.1, 0.15) is 5.75 Å². The quantitative estimate of drug-likeness (QED) is 0.603. The fourth-order valence-electron chi connectivity index (χ4n) is 1.13. The molecule has 0 heterocycles. The zero-order valence-electron chi connectivity index (χ0n) is 7.80. The third kappa shape index (κ3) is 3.57. The maximum Gasteiger partial charge on any atom is 0.228 e. The molecule has 0 saturated heterocycles. The van der Waals surface area contributed by atoms with Crippen LogP contribution in [0.25, 0.3) is 0 Å². The number of halogens is 3. The minimum atomic E-state index is -0.939. The predicted molar refractivity (Wildman–Crippen MR) is 63.5 cm³/mol. The van der Waals surface area contributed by atoms with Crippen molar-refractivity contribution in [2.75, 3.05) is 12.2 Å². The highest BCUT2D eigenvalue weighted by atomic mass is 79.9. The van der Waals surface area contributed by atoms with Crippen molar-refractivity contribution in [1.29, 1.82) is 0 Å². The van der Waals surface area contributed by atoms with Crippen molar-refractivity contribution in [3.63, 3.8) is 0 Å². The van der Waals surface area contributed by atoms with Gasteiger partial charge in [-0.05, 0) is 18.2 Å². The molecule has 15 heavy (non-hydrogen) atoms. The average Bonchev–Trinajstić information content (AvgIpc) is 2.18. The minimum Gasteiger partial charge on any atom is -0.462 e. The van der Waals surface area contributed by atoms with Crippen molar-refractivity contribution in [3.05, 3.63) is 28.2 Å². The highest BCUT2D eigenvalue weighted by Gasteiger charge is 2.12. The molecule has 0 N–H and O–H groups in total. The lowest BCUT2D eigenvalue weighted by atomic mass is 10.1. The molecule has 0 unspecified atom stereocenters. The van der Waals surface area contributed by atoms with Crippen LogP contribution in [-0.2, 0) is 0 Å². The van der Waals surface area contributed by atoms with Crippen LogP contribution < -0.4 is 4.74 Å². The molecular formula is C10H9Br2FO2. The molecule has 0 atom stereocenters. The molecule has 0 aromatic heterocycles. The van der Waals surface area contributed by atoms with Crippen LogP contribution in [0.5, 0.6) is 5.75 Å². The lowest BCUT2D eigenvalue weighted by Gasteiger charge is -2.07. The summed E-state index contributed by atoms with van der Waals surface area (Å²) in [5, 5.41) is 0.580. The Kier molecular flexibility index (Phi) is 5.25. The van der Waals surface area contributed by atoms with Crippen molar-refractivity contribution in [1.82, 2.24) is 0 Å². The molecular weight excluding hydrogens is 331 g/mol. The standard InChI is InChI=1S/C10H9Br2FO2/c11-4-3-9(14)8-2-1-7(12)5-10(8)15-6-13/h1-2,5H,3-4,6H2. The second-order valence-electron chi connectivity index (χ2n) is 2.76. The van der Waals surface area contributed by atoms with Gasteiger partial charge in [0.2, 0.25) is 6.86 Å². The lowest BCUT2D eigenvalue weighted by Crippen LogP contribution is -2.04. The van der Waals surface area contributed by atoms with Gasteiger partial charge in [-0.1, -0.05) is 31.9 Å². The molecule has 82 valence electrons. The Bertz CT molecular complexity index is 355. The molecule has 0 aliphatic rings. The smallest absolute Gasteiger partial charge is 0.228 e. The molecule has 5 heteroatoms. The van der Waals surface area contributed by atoms with E-state index in [1.165, 1.54) is 0 Å². The van der Waals surface area contributed by atoms with Gasteiger partial charge in [-0.2, -0.15) is 0 Å². The Morgan fingerprint density at radius 2 is 2.20 bits per heavy atom. The van der Waals surface area contributed by atoms with E-state index in [0.29, 0.717) is 17.3 Å². The fourth-order valence-corrected chi connectivity index (χ4v) is 1.83. The van der Waals surface area contributed by atoms with Gasteiger partial charge < -0.3 is 4.74 Å². The van der Waals surface area contributed by atoms with E-state index < -0.39 is 6.86 Å². The predicted octanol–water partition coefficient (Wildman–Crippen LogP) is 3.72. The van der Waals surface area contributed by atoms with Crippen LogP contribution in [-0.4, -0.2) is 18.0 Å². The molecule has 0 fully saturated rings. The second-order valence-corrected chi connectivity index (χ2v) is 4.46. The highest BCUT2D eigenvalue weighted by molar-refractivity contribution is 9.10. The van der Waals surface area contributed by atoms with Crippen LogP contribution in [0.1, 0.15) is 16.8 Å². The van der Waals surface area contributed by atoms with Crippen molar-refractivity contribution in [2.24, 2.45) is 0 Å². The van der Waals surface area contributed by atoms with Crippen LogP contribution in [0, 0.1) is 0 Å². The number of rotatable bonds is 5. The Balaban J connectivity index is 2.99. The molecule has 0 amide bonds. The van der Waals surface area contributed by atoms with E-state index in [2.05, 4.69) is 31.9 Å². The number of hydrogen-bond acceptors (Lipinski definition) is 2. The Hall–Kier alpha value is -0.420. The van der Waals surface area contributed by atoms with Crippen molar-refractivity contribution >= 4 is 37.6 Å². The molecule has 0 saturated carbocycles. The van der Waals surface area contributed by atoms with Gasteiger partial charge in [-0.15, -0.1) is 0 Å². The van der Waals surface area contributed by atoms with E-state index in [9.17, 15) is 9.18 Å². The summed E-state index contributed by atoms with van der Waals surface area (Å²) in [6.45, 7) is -0.939. The Morgan fingerprint density at radius 1 is 1.47 bits per heavy atom. The molecule has 0 radical (unpaired) electrons. The number of benzene rings is 1. The first-order chi connectivity index (χ1) is 7.19. The van der Waals surface area contributed by atoms with Crippen LogP contribution in [0.3, 0.4) is 0 Å². The van der Waals surface area contributed by atoms with Crippen LogP contribution >= 0.6 is 31.9 Å². The second kappa shape index (κ2) is 6.23. The van der Waals surface area contributed by atoms with E-state index in [1.807, 2.05) is 0 Å². The van der Waals surface area contributed by atoms with Crippen molar-refractivity contribution < 1.29 is 13.9 Å². The topological polar surface area (TPSA) is 26.3 Å². The summed E-state index contributed by atoms with van der Waals surface area (Å²) >= 11 is 6.41. The van der Waals surface area contributed by atoms with E-state index in [-0.39, 0.29) is 11.5 Å². The van der Waals surface area contributed by atoms with Gasteiger partial charge >= 0.3 is 0 Å². The van der Waals surface area contributed by atoms with E-state index in [4.69, 9.17) is 4.74 Å². The van der Waals surface area contributed by atoms with Crippen LogP contribution in [0.15, 0.2) is 22.7 Å². The van der Waals surface area contributed by atoms with E-state index in [1.54, 1.807) is 18.2 Å². The zero-order chi connectivity index (χ0) is 11.3. The first kappa shape index (κ1) is 12.6. The highest BCUT2D eigenvalue weighted by Crippen LogP contribution is 2.25. The van der Waals surface area contributed by atoms with Crippen LogP contribution in [0.4, 0.5) is 4.39 Å². The largest absolute Gasteiger partial charge is 0.462 e. The maximum atomic E-state index is 12.1. The monoisotopic (exact) mass is 338 g/mol. The average molecular weight is 340 g/mol. The van der Waals surface area contributed by atoms with Gasteiger partial charge in [-0.25, -0.2) is 4.39 Å². The normalized spacial score (nSPS) is 10.1. The first-order valence-corrected chi connectivity index (χ1v) is 6.18. The zero-order valence-corrected chi connectivity index (χ0v) is 11.0. The van der Waals surface area contributed by atoms with Crippen molar-refractivity contribution in [3.8, 4) is 5.75 Å². The number of hydrogen-bond donors (Lipinski definition) is 0. The van der Waals surface area contributed by atoms with Gasteiger partial charge in [-0.3, -0.25) is 4.79 Å². The molecule has 0 bridgehead atoms. The summed E-state index contributed by atoms with van der Waals surface area (Å²) in [5.41, 5.74) is 0.412. The van der Waals surface area contributed by atoms with Gasteiger partial charge in [0.05, 0.1) is 5.56 Å².